The van der Waals surface area contributed by atoms with Crippen LogP contribution in [0.4, 0.5) is 4.79 Å². The van der Waals surface area contributed by atoms with Gasteiger partial charge in [0.15, 0.2) is 0 Å². The van der Waals surface area contributed by atoms with Gasteiger partial charge < -0.3 is 15.7 Å². The molecule has 3 N–H and O–H groups in total. The first-order chi connectivity index (χ1) is 9.51. The van der Waals surface area contributed by atoms with Crippen LogP contribution in [0.5, 0.6) is 0 Å². The topological polar surface area (TPSA) is 78.4 Å². The van der Waals surface area contributed by atoms with Gasteiger partial charge in [0.25, 0.3) is 0 Å². The molecule has 2 amide bonds. The van der Waals surface area contributed by atoms with Crippen molar-refractivity contribution in [3.8, 4) is 0 Å². The zero-order valence-corrected chi connectivity index (χ0v) is 13.2. The van der Waals surface area contributed by atoms with Gasteiger partial charge in [-0.15, -0.1) is 0 Å². The van der Waals surface area contributed by atoms with Crippen molar-refractivity contribution in [2.45, 2.75) is 69.2 Å². The van der Waals surface area contributed by atoms with Crippen LogP contribution >= 0.6 is 11.8 Å². The molecule has 1 saturated carbocycles. The number of carbonyl (C=O) groups is 2. The molecule has 6 heteroatoms. The van der Waals surface area contributed by atoms with E-state index in [9.17, 15) is 9.59 Å². The number of aliphatic carboxylic acids is 1. The molecule has 0 heterocycles. The predicted octanol–water partition coefficient (Wildman–Crippen LogP) is 2.60. The highest BCUT2D eigenvalue weighted by atomic mass is 32.2. The Hall–Kier alpha value is -0.910. The number of carbonyl (C=O) groups excluding carboxylic acids is 1. The number of urea groups is 1. The van der Waals surface area contributed by atoms with E-state index in [0.717, 1.165) is 18.1 Å². The Morgan fingerprint density at radius 1 is 1.30 bits per heavy atom. The summed E-state index contributed by atoms with van der Waals surface area (Å²) in [6.45, 7) is 1.91. The Labute approximate surface area is 125 Å². The Morgan fingerprint density at radius 2 is 1.95 bits per heavy atom. The second kappa shape index (κ2) is 9.10. The Kier molecular flexibility index (Phi) is 7.80. The van der Waals surface area contributed by atoms with E-state index in [1.165, 1.54) is 12.8 Å². The molecule has 0 radical (unpaired) electrons. The summed E-state index contributed by atoms with van der Waals surface area (Å²) >= 11 is 1.91. The van der Waals surface area contributed by atoms with E-state index in [1.54, 1.807) is 0 Å². The summed E-state index contributed by atoms with van der Waals surface area (Å²) < 4.78 is 0. The van der Waals surface area contributed by atoms with E-state index >= 15 is 0 Å². The van der Waals surface area contributed by atoms with Crippen molar-refractivity contribution in [3.63, 3.8) is 0 Å². The average Bonchev–Trinajstić information content (AvgIpc) is 2.38. The molecule has 5 nitrogen and oxygen atoms in total. The van der Waals surface area contributed by atoms with Crippen LogP contribution in [0.1, 0.15) is 51.9 Å². The lowest BCUT2D eigenvalue weighted by molar-refractivity contribution is -0.137. The fourth-order valence-electron chi connectivity index (χ4n) is 2.53. The lowest BCUT2D eigenvalue weighted by atomic mass is 9.95. The van der Waals surface area contributed by atoms with Crippen LogP contribution in [-0.2, 0) is 4.79 Å². The molecule has 0 aromatic rings. The van der Waals surface area contributed by atoms with Gasteiger partial charge in [-0.05, 0) is 51.7 Å². The van der Waals surface area contributed by atoms with E-state index in [4.69, 9.17) is 5.11 Å². The molecule has 1 aliphatic rings. The first-order valence-electron chi connectivity index (χ1n) is 7.33. The van der Waals surface area contributed by atoms with E-state index in [-0.39, 0.29) is 24.5 Å². The summed E-state index contributed by atoms with van der Waals surface area (Å²) in [5.74, 6) is -0.785. The summed E-state index contributed by atoms with van der Waals surface area (Å²) in [6, 6.07) is 0.168. The smallest absolute Gasteiger partial charge is 0.315 e. The molecule has 0 aromatic heterocycles. The Morgan fingerprint density at radius 3 is 2.50 bits per heavy atom. The second-order valence-corrected chi connectivity index (χ2v) is 6.65. The number of hydrogen-bond donors (Lipinski definition) is 3. The highest BCUT2D eigenvalue weighted by molar-refractivity contribution is 7.99. The van der Waals surface area contributed by atoms with Crippen molar-refractivity contribution in [1.29, 1.82) is 0 Å². The lowest BCUT2D eigenvalue weighted by Crippen LogP contribution is -2.46. The number of amides is 2. The zero-order valence-electron chi connectivity index (χ0n) is 12.4. The highest BCUT2D eigenvalue weighted by Gasteiger charge is 2.22. The molecular formula is C14H26N2O3S. The molecule has 1 fully saturated rings. The largest absolute Gasteiger partial charge is 0.481 e. The SMILES string of the molecule is CSC1CCC(NC(=O)NC(C)CCCC(=O)O)CC1. The van der Waals surface area contributed by atoms with Gasteiger partial charge >= 0.3 is 12.0 Å². The lowest BCUT2D eigenvalue weighted by Gasteiger charge is -2.28. The molecule has 20 heavy (non-hydrogen) atoms. The van der Waals surface area contributed by atoms with Crippen molar-refractivity contribution < 1.29 is 14.7 Å². The van der Waals surface area contributed by atoms with E-state index in [0.29, 0.717) is 12.8 Å². The number of carboxylic acids is 1. The first-order valence-corrected chi connectivity index (χ1v) is 8.61. The third-order valence-electron chi connectivity index (χ3n) is 3.75. The normalized spacial score (nSPS) is 23.9. The fourth-order valence-corrected chi connectivity index (χ4v) is 3.27. The average molecular weight is 302 g/mol. The van der Waals surface area contributed by atoms with E-state index in [2.05, 4.69) is 16.9 Å². The molecule has 116 valence electrons. The molecule has 0 aliphatic heterocycles. The van der Waals surface area contributed by atoms with Crippen LogP contribution in [0.2, 0.25) is 0 Å². The first kappa shape index (κ1) is 17.1. The van der Waals surface area contributed by atoms with Gasteiger partial charge in [0, 0.05) is 23.8 Å². The summed E-state index contributed by atoms with van der Waals surface area (Å²) in [5, 5.41) is 15.2. The third-order valence-corrected chi connectivity index (χ3v) is 4.89. The summed E-state index contributed by atoms with van der Waals surface area (Å²) in [6.07, 6.45) is 8.02. The van der Waals surface area contributed by atoms with Gasteiger partial charge in [-0.1, -0.05) is 0 Å². The van der Waals surface area contributed by atoms with Crippen LogP contribution in [0.3, 0.4) is 0 Å². The van der Waals surface area contributed by atoms with Crippen molar-refractivity contribution in [3.05, 3.63) is 0 Å². The van der Waals surface area contributed by atoms with E-state index < -0.39 is 5.97 Å². The van der Waals surface area contributed by atoms with Crippen molar-refractivity contribution >= 4 is 23.8 Å². The molecule has 1 rings (SSSR count). The van der Waals surface area contributed by atoms with Gasteiger partial charge in [-0.3, -0.25) is 4.79 Å². The van der Waals surface area contributed by atoms with E-state index in [1.807, 2.05) is 18.7 Å². The molecule has 0 saturated heterocycles. The Balaban J connectivity index is 2.15. The molecule has 1 unspecified atom stereocenters. The summed E-state index contributed by atoms with van der Waals surface area (Å²) in [7, 11) is 0. The highest BCUT2D eigenvalue weighted by Crippen LogP contribution is 2.26. The molecule has 1 atom stereocenters. The molecule has 0 aromatic carbocycles. The number of thioether (sulfide) groups is 1. The standard InChI is InChI=1S/C14H26N2O3S/c1-10(4-3-5-13(17)18)15-14(19)16-11-6-8-12(20-2)9-7-11/h10-12H,3-9H2,1-2H3,(H,17,18)(H2,15,16,19). The predicted molar refractivity (Wildman–Crippen MR) is 82.2 cm³/mol. The van der Waals surface area contributed by atoms with Crippen LogP contribution in [0.15, 0.2) is 0 Å². The third kappa shape index (κ3) is 7.03. The molecule has 1 aliphatic carbocycles. The van der Waals surface area contributed by atoms with Crippen molar-refractivity contribution in [2.24, 2.45) is 0 Å². The van der Waals surface area contributed by atoms with Crippen LogP contribution in [-0.4, -0.2) is 40.7 Å². The summed E-state index contributed by atoms with van der Waals surface area (Å²) in [5.41, 5.74) is 0. The quantitative estimate of drug-likeness (QED) is 0.675. The summed E-state index contributed by atoms with van der Waals surface area (Å²) in [4.78, 5) is 22.2. The number of rotatable bonds is 7. The van der Waals surface area contributed by atoms with Gasteiger partial charge in [0.1, 0.15) is 0 Å². The number of carboxylic acid groups (broad SMARTS) is 1. The maximum Gasteiger partial charge on any atom is 0.315 e. The fraction of sp³-hybridized carbons (Fsp3) is 0.857. The Bertz CT molecular complexity index is 318. The van der Waals surface area contributed by atoms with Gasteiger partial charge in [-0.2, -0.15) is 11.8 Å². The minimum Gasteiger partial charge on any atom is -0.481 e. The van der Waals surface area contributed by atoms with Gasteiger partial charge in [0.05, 0.1) is 0 Å². The maximum absolute atomic E-state index is 11.8. The second-order valence-electron chi connectivity index (χ2n) is 5.51. The number of hydrogen-bond acceptors (Lipinski definition) is 3. The number of nitrogens with one attached hydrogen (secondary N) is 2. The minimum atomic E-state index is -0.785. The molecule has 0 bridgehead atoms. The van der Waals surface area contributed by atoms with Crippen LogP contribution < -0.4 is 10.6 Å². The molecule has 0 spiro atoms. The van der Waals surface area contributed by atoms with Gasteiger partial charge in [0.2, 0.25) is 0 Å². The van der Waals surface area contributed by atoms with Crippen LogP contribution in [0, 0.1) is 0 Å². The maximum atomic E-state index is 11.8. The minimum absolute atomic E-state index is 0.0110. The van der Waals surface area contributed by atoms with Crippen LogP contribution in [0.25, 0.3) is 0 Å². The zero-order chi connectivity index (χ0) is 15.0. The molecular weight excluding hydrogens is 276 g/mol. The van der Waals surface area contributed by atoms with Crippen molar-refractivity contribution in [1.82, 2.24) is 10.6 Å². The van der Waals surface area contributed by atoms with Crippen molar-refractivity contribution in [2.75, 3.05) is 6.26 Å². The van der Waals surface area contributed by atoms with Gasteiger partial charge in [-0.25, -0.2) is 4.79 Å². The monoisotopic (exact) mass is 302 g/mol.